The molecule has 0 atom stereocenters. The third-order valence-electron chi connectivity index (χ3n) is 4.92. The van der Waals surface area contributed by atoms with E-state index < -0.39 is 10.1 Å². The lowest BCUT2D eigenvalue weighted by atomic mass is 10.0. The van der Waals surface area contributed by atoms with Gasteiger partial charge in [-0.1, -0.05) is 90.4 Å². The summed E-state index contributed by atoms with van der Waals surface area (Å²) >= 11 is 0. The molecule has 0 spiro atoms. The zero-order chi connectivity index (χ0) is 19.6. The molecule has 0 saturated heterocycles. The Morgan fingerprint density at radius 2 is 1.33 bits per heavy atom. The van der Waals surface area contributed by atoms with Crippen LogP contribution in [0.25, 0.3) is 0 Å². The number of hydrogen-bond acceptors (Lipinski definition) is 4. The van der Waals surface area contributed by atoms with Crippen molar-refractivity contribution in [1.29, 1.82) is 0 Å². The first-order valence-corrected chi connectivity index (χ1v) is 12.5. The summed E-state index contributed by atoms with van der Waals surface area (Å²) in [6, 6.07) is 0. The summed E-state index contributed by atoms with van der Waals surface area (Å²) in [7, 11) is -3.38. The molecule has 0 aliphatic rings. The summed E-state index contributed by atoms with van der Waals surface area (Å²) < 4.78 is 30.5. The summed E-state index contributed by atoms with van der Waals surface area (Å²) in [5.41, 5.74) is 0. The fourth-order valence-electron chi connectivity index (χ4n) is 3.22. The molecule has 0 saturated carbocycles. The predicted molar refractivity (Wildman–Crippen MR) is 112 cm³/mol. The molecule has 5 nitrogen and oxygen atoms in total. The summed E-state index contributed by atoms with van der Waals surface area (Å²) in [5, 5.41) is 0. The van der Waals surface area contributed by atoms with Gasteiger partial charge in [-0.15, -0.1) is 0 Å². The van der Waals surface area contributed by atoms with Gasteiger partial charge in [0.15, 0.2) is 0 Å². The second kappa shape index (κ2) is 16.1. The van der Waals surface area contributed by atoms with Crippen LogP contribution in [0.2, 0.25) is 0 Å². The Morgan fingerprint density at radius 3 is 1.81 bits per heavy atom. The smallest absolute Gasteiger partial charge is 0.267 e. The number of hydrogen-bond donors (Lipinski definition) is 0. The molecule has 0 aliphatic heterocycles. The molecule has 0 aromatic carbocycles. The van der Waals surface area contributed by atoms with Crippen molar-refractivity contribution in [2.45, 2.75) is 103 Å². The highest BCUT2D eigenvalue weighted by Gasteiger charge is 2.10. The predicted octanol–water partition coefficient (Wildman–Crippen LogP) is 5.71. The second-order valence-electron chi connectivity index (χ2n) is 7.48. The molecule has 0 aliphatic carbocycles. The number of nitrogens with zero attached hydrogens (tertiary/aromatic N) is 2. The molecule has 1 rings (SSSR count). The van der Waals surface area contributed by atoms with Gasteiger partial charge in [-0.2, -0.15) is 8.42 Å². The Kier molecular flexibility index (Phi) is 14.4. The largest absolute Gasteiger partial charge is 0.335 e. The van der Waals surface area contributed by atoms with Crippen LogP contribution < -0.4 is 0 Å². The molecular weight excluding hydrogens is 360 g/mol. The first-order valence-electron chi connectivity index (χ1n) is 11.0. The minimum atomic E-state index is -3.38. The zero-order valence-electron chi connectivity index (χ0n) is 17.3. The molecule has 0 amide bonds. The molecule has 0 unspecified atom stereocenters. The van der Waals surface area contributed by atoms with E-state index in [1.54, 1.807) is 18.7 Å². The number of aromatic nitrogens is 2. The zero-order valence-corrected chi connectivity index (χ0v) is 18.1. The normalized spacial score (nSPS) is 11.9. The van der Waals surface area contributed by atoms with Gasteiger partial charge in [0.05, 0.1) is 18.7 Å². The van der Waals surface area contributed by atoms with Gasteiger partial charge in [0, 0.05) is 18.9 Å². The van der Waals surface area contributed by atoms with Crippen LogP contribution in [0.4, 0.5) is 0 Å². The Labute approximate surface area is 167 Å². The van der Waals surface area contributed by atoms with Crippen molar-refractivity contribution in [3.8, 4) is 0 Å². The fourth-order valence-corrected chi connectivity index (χ4v) is 4.22. The van der Waals surface area contributed by atoms with Gasteiger partial charge in [0.25, 0.3) is 10.1 Å². The third-order valence-corrected chi connectivity index (χ3v) is 6.23. The van der Waals surface area contributed by atoms with Crippen molar-refractivity contribution < 1.29 is 12.6 Å². The van der Waals surface area contributed by atoms with Gasteiger partial charge in [-0.05, 0) is 6.42 Å². The van der Waals surface area contributed by atoms with Crippen molar-refractivity contribution in [2.75, 3.05) is 12.4 Å². The maximum Gasteiger partial charge on any atom is 0.267 e. The molecule has 1 aromatic heterocycles. The van der Waals surface area contributed by atoms with Crippen LogP contribution in [0.3, 0.4) is 0 Å². The highest BCUT2D eigenvalue weighted by molar-refractivity contribution is 7.86. The Balaban J connectivity index is 1.83. The Bertz CT molecular complexity index is 530. The van der Waals surface area contributed by atoms with E-state index in [1.807, 2.05) is 4.57 Å². The number of imidazole rings is 1. The minimum Gasteiger partial charge on any atom is -0.335 e. The molecule has 0 bridgehead atoms. The van der Waals surface area contributed by atoms with E-state index in [9.17, 15) is 8.42 Å². The Hall–Kier alpha value is -0.880. The molecule has 1 heterocycles. The molecule has 0 fully saturated rings. The lowest BCUT2D eigenvalue weighted by Crippen LogP contribution is -2.14. The average molecular weight is 401 g/mol. The molecular formula is C21H40N2O3S. The van der Waals surface area contributed by atoms with E-state index in [2.05, 4.69) is 11.9 Å². The van der Waals surface area contributed by atoms with Gasteiger partial charge in [-0.25, -0.2) is 4.98 Å². The monoisotopic (exact) mass is 400 g/mol. The number of rotatable bonds is 19. The van der Waals surface area contributed by atoms with Crippen molar-refractivity contribution in [3.05, 3.63) is 18.7 Å². The maximum absolute atomic E-state index is 11.8. The summed E-state index contributed by atoms with van der Waals surface area (Å²) in [4.78, 5) is 3.91. The van der Waals surface area contributed by atoms with Crippen LogP contribution in [-0.2, 0) is 20.8 Å². The van der Waals surface area contributed by atoms with Crippen molar-refractivity contribution in [1.82, 2.24) is 9.55 Å². The standard InChI is InChI=1S/C21H40N2O3S/c1-2-3-4-5-6-7-8-9-10-11-12-13-14-15-20-27(24,25)26-19-18-23-17-16-22-21-23/h16-17,21H,2-15,18-20H2,1H3. The first kappa shape index (κ1) is 24.2. The lowest BCUT2D eigenvalue weighted by Gasteiger charge is -2.06. The average Bonchev–Trinajstić information content (AvgIpc) is 3.15. The van der Waals surface area contributed by atoms with Crippen molar-refractivity contribution in [3.63, 3.8) is 0 Å². The van der Waals surface area contributed by atoms with E-state index in [4.69, 9.17) is 4.18 Å². The SMILES string of the molecule is CCCCCCCCCCCCCCCCS(=O)(=O)OCCn1ccnc1. The molecule has 6 heteroatoms. The lowest BCUT2D eigenvalue weighted by molar-refractivity contribution is 0.300. The summed E-state index contributed by atoms with van der Waals surface area (Å²) in [5.74, 6) is 0.134. The highest BCUT2D eigenvalue weighted by Crippen LogP contribution is 2.13. The van der Waals surface area contributed by atoms with E-state index in [-0.39, 0.29) is 12.4 Å². The molecule has 0 radical (unpaired) electrons. The van der Waals surface area contributed by atoms with Gasteiger partial charge in [-0.3, -0.25) is 4.18 Å². The van der Waals surface area contributed by atoms with Crippen LogP contribution in [0.5, 0.6) is 0 Å². The molecule has 0 N–H and O–H groups in total. The van der Waals surface area contributed by atoms with E-state index in [1.165, 1.54) is 70.6 Å². The van der Waals surface area contributed by atoms with Crippen LogP contribution in [0.1, 0.15) is 96.8 Å². The van der Waals surface area contributed by atoms with E-state index in [0.717, 1.165) is 12.8 Å². The second-order valence-corrected chi connectivity index (χ2v) is 9.24. The maximum atomic E-state index is 11.8. The van der Waals surface area contributed by atoms with Gasteiger partial charge in [0.1, 0.15) is 0 Å². The quantitative estimate of drug-likeness (QED) is 0.220. The van der Waals surface area contributed by atoms with E-state index in [0.29, 0.717) is 13.0 Å². The first-order chi connectivity index (χ1) is 13.1. The topological polar surface area (TPSA) is 61.2 Å². The summed E-state index contributed by atoms with van der Waals surface area (Å²) in [6.45, 7) is 2.95. The van der Waals surface area contributed by atoms with Crippen molar-refractivity contribution in [2.24, 2.45) is 0 Å². The van der Waals surface area contributed by atoms with Crippen LogP contribution in [0.15, 0.2) is 18.7 Å². The highest BCUT2D eigenvalue weighted by atomic mass is 32.2. The fraction of sp³-hybridized carbons (Fsp3) is 0.857. The van der Waals surface area contributed by atoms with Crippen molar-refractivity contribution >= 4 is 10.1 Å². The Morgan fingerprint density at radius 1 is 0.815 bits per heavy atom. The van der Waals surface area contributed by atoms with Gasteiger partial charge >= 0.3 is 0 Å². The van der Waals surface area contributed by atoms with E-state index >= 15 is 0 Å². The van der Waals surface area contributed by atoms with Crippen LogP contribution in [-0.4, -0.2) is 30.3 Å². The molecule has 1 aromatic rings. The molecule has 158 valence electrons. The van der Waals surface area contributed by atoms with Gasteiger partial charge in [0.2, 0.25) is 0 Å². The van der Waals surface area contributed by atoms with Crippen LogP contribution >= 0.6 is 0 Å². The van der Waals surface area contributed by atoms with Crippen LogP contribution in [0, 0.1) is 0 Å². The minimum absolute atomic E-state index is 0.134. The molecule has 27 heavy (non-hydrogen) atoms. The third kappa shape index (κ3) is 14.8. The summed E-state index contributed by atoms with van der Waals surface area (Å²) in [6.07, 6.45) is 22.8. The number of unbranched alkanes of at least 4 members (excludes halogenated alkanes) is 13. The van der Waals surface area contributed by atoms with Gasteiger partial charge < -0.3 is 4.57 Å².